The van der Waals surface area contributed by atoms with Gasteiger partial charge in [-0.15, -0.1) is 0 Å². The highest BCUT2D eigenvalue weighted by Crippen LogP contribution is 2.37. The second kappa shape index (κ2) is 5.21. The molecule has 0 unspecified atom stereocenters. The molecular formula is C14H17NO3. The van der Waals surface area contributed by atoms with Crippen LogP contribution >= 0.6 is 0 Å². The minimum Gasteiger partial charge on any atom is -0.481 e. The zero-order chi connectivity index (χ0) is 13.0. The Morgan fingerprint density at radius 3 is 2.33 bits per heavy atom. The zero-order valence-corrected chi connectivity index (χ0v) is 10.2. The van der Waals surface area contributed by atoms with Crippen LogP contribution < -0.4 is 5.32 Å². The van der Waals surface area contributed by atoms with E-state index in [1.54, 1.807) is 24.3 Å². The van der Waals surface area contributed by atoms with Crippen molar-refractivity contribution in [3.8, 4) is 0 Å². The molecule has 1 aliphatic rings. The van der Waals surface area contributed by atoms with Crippen LogP contribution in [0.4, 0.5) is 0 Å². The van der Waals surface area contributed by atoms with Crippen molar-refractivity contribution in [3.05, 3.63) is 35.9 Å². The van der Waals surface area contributed by atoms with Gasteiger partial charge in [-0.1, -0.05) is 31.0 Å². The third-order valence-electron chi connectivity index (χ3n) is 3.64. The number of benzene rings is 1. The number of nitrogens with one attached hydrogen (secondary N) is 1. The van der Waals surface area contributed by atoms with Crippen molar-refractivity contribution in [2.45, 2.75) is 25.7 Å². The number of carboxylic acid groups (broad SMARTS) is 1. The number of carbonyl (C=O) groups is 2. The lowest BCUT2D eigenvalue weighted by atomic mass is 9.86. The predicted molar refractivity (Wildman–Crippen MR) is 67.3 cm³/mol. The van der Waals surface area contributed by atoms with Crippen LogP contribution in [0.5, 0.6) is 0 Å². The summed E-state index contributed by atoms with van der Waals surface area (Å²) in [6.07, 6.45) is 3.15. The third-order valence-corrected chi connectivity index (χ3v) is 3.64. The number of hydrogen-bond donors (Lipinski definition) is 2. The Morgan fingerprint density at radius 2 is 1.78 bits per heavy atom. The van der Waals surface area contributed by atoms with Crippen molar-refractivity contribution in [1.29, 1.82) is 0 Å². The van der Waals surface area contributed by atoms with Gasteiger partial charge in [0.25, 0.3) is 5.91 Å². The standard InChI is InChI=1S/C14H17NO3/c16-12(11-6-2-1-3-7-11)15-10-14(13(17)18)8-4-5-9-14/h1-3,6-7H,4-5,8-10H2,(H,15,16)(H,17,18). The molecule has 0 aromatic heterocycles. The first kappa shape index (κ1) is 12.6. The van der Waals surface area contributed by atoms with E-state index in [-0.39, 0.29) is 12.5 Å². The number of hydrogen-bond acceptors (Lipinski definition) is 2. The van der Waals surface area contributed by atoms with Crippen molar-refractivity contribution >= 4 is 11.9 Å². The van der Waals surface area contributed by atoms with Crippen LogP contribution in [0.2, 0.25) is 0 Å². The normalized spacial score (nSPS) is 17.3. The monoisotopic (exact) mass is 247 g/mol. The molecule has 4 nitrogen and oxygen atoms in total. The van der Waals surface area contributed by atoms with Crippen molar-refractivity contribution < 1.29 is 14.7 Å². The molecular weight excluding hydrogens is 230 g/mol. The molecule has 4 heteroatoms. The molecule has 1 saturated carbocycles. The van der Waals surface area contributed by atoms with Gasteiger partial charge in [-0.25, -0.2) is 0 Å². The lowest BCUT2D eigenvalue weighted by Crippen LogP contribution is -2.41. The first-order valence-electron chi connectivity index (χ1n) is 6.21. The van der Waals surface area contributed by atoms with E-state index in [2.05, 4.69) is 5.32 Å². The molecule has 96 valence electrons. The summed E-state index contributed by atoms with van der Waals surface area (Å²) in [4.78, 5) is 23.2. The summed E-state index contributed by atoms with van der Waals surface area (Å²) in [6.45, 7) is 0.218. The highest BCUT2D eigenvalue weighted by atomic mass is 16.4. The Morgan fingerprint density at radius 1 is 1.17 bits per heavy atom. The molecule has 0 aliphatic heterocycles. The molecule has 1 amide bonds. The Kier molecular flexibility index (Phi) is 3.65. The Labute approximate surface area is 106 Å². The van der Waals surface area contributed by atoms with Crippen molar-refractivity contribution in [3.63, 3.8) is 0 Å². The fourth-order valence-corrected chi connectivity index (χ4v) is 2.46. The van der Waals surface area contributed by atoms with E-state index in [1.165, 1.54) is 0 Å². The van der Waals surface area contributed by atoms with E-state index in [1.807, 2.05) is 6.07 Å². The average Bonchev–Trinajstić information content (AvgIpc) is 2.87. The van der Waals surface area contributed by atoms with Gasteiger partial charge in [0, 0.05) is 12.1 Å². The number of aliphatic carboxylic acids is 1. The zero-order valence-electron chi connectivity index (χ0n) is 10.2. The smallest absolute Gasteiger partial charge is 0.311 e. The van der Waals surface area contributed by atoms with Gasteiger partial charge in [0.2, 0.25) is 0 Å². The topological polar surface area (TPSA) is 66.4 Å². The molecule has 0 heterocycles. The fraction of sp³-hybridized carbons (Fsp3) is 0.429. The van der Waals surface area contributed by atoms with Gasteiger partial charge < -0.3 is 10.4 Å². The molecule has 1 aromatic carbocycles. The predicted octanol–water partition coefficient (Wildman–Crippen LogP) is 2.06. The van der Waals surface area contributed by atoms with E-state index in [0.29, 0.717) is 18.4 Å². The Bertz CT molecular complexity index is 436. The maximum atomic E-state index is 11.9. The number of carboxylic acids is 1. The first-order valence-corrected chi connectivity index (χ1v) is 6.21. The molecule has 18 heavy (non-hydrogen) atoms. The molecule has 0 radical (unpaired) electrons. The summed E-state index contributed by atoms with van der Waals surface area (Å²) in [7, 11) is 0. The Balaban J connectivity index is 1.99. The van der Waals surface area contributed by atoms with Gasteiger partial charge in [0.1, 0.15) is 0 Å². The highest BCUT2D eigenvalue weighted by molar-refractivity contribution is 5.94. The molecule has 0 atom stereocenters. The number of rotatable bonds is 4. The summed E-state index contributed by atoms with van der Waals surface area (Å²) in [6, 6.07) is 8.86. The van der Waals surface area contributed by atoms with E-state index in [9.17, 15) is 14.7 Å². The fourth-order valence-electron chi connectivity index (χ4n) is 2.46. The minimum absolute atomic E-state index is 0.205. The first-order chi connectivity index (χ1) is 8.64. The van der Waals surface area contributed by atoms with Gasteiger partial charge in [-0.2, -0.15) is 0 Å². The van der Waals surface area contributed by atoms with Crippen LogP contribution in [0, 0.1) is 5.41 Å². The quantitative estimate of drug-likeness (QED) is 0.855. The number of carbonyl (C=O) groups excluding carboxylic acids is 1. The van der Waals surface area contributed by atoms with Crippen LogP contribution in [-0.2, 0) is 4.79 Å². The van der Waals surface area contributed by atoms with E-state index < -0.39 is 11.4 Å². The molecule has 0 bridgehead atoms. The van der Waals surface area contributed by atoms with Crippen LogP contribution in [0.1, 0.15) is 36.0 Å². The van der Waals surface area contributed by atoms with Crippen LogP contribution in [-0.4, -0.2) is 23.5 Å². The molecule has 1 aliphatic carbocycles. The highest BCUT2D eigenvalue weighted by Gasteiger charge is 2.41. The van der Waals surface area contributed by atoms with Crippen LogP contribution in [0.25, 0.3) is 0 Å². The summed E-state index contributed by atoms with van der Waals surface area (Å²) in [5.41, 5.74) is -0.194. The van der Waals surface area contributed by atoms with E-state index >= 15 is 0 Å². The van der Waals surface area contributed by atoms with Gasteiger partial charge in [0.15, 0.2) is 0 Å². The van der Waals surface area contributed by atoms with E-state index in [4.69, 9.17) is 0 Å². The number of amides is 1. The maximum absolute atomic E-state index is 11.9. The van der Waals surface area contributed by atoms with E-state index in [0.717, 1.165) is 12.8 Å². The SMILES string of the molecule is O=C(NCC1(C(=O)O)CCCC1)c1ccccc1. The average molecular weight is 247 g/mol. The molecule has 1 aromatic rings. The lowest BCUT2D eigenvalue weighted by molar-refractivity contribution is -0.148. The van der Waals surface area contributed by atoms with Crippen LogP contribution in [0.15, 0.2) is 30.3 Å². The Hall–Kier alpha value is -1.84. The van der Waals surface area contributed by atoms with Crippen molar-refractivity contribution in [2.75, 3.05) is 6.54 Å². The van der Waals surface area contributed by atoms with Gasteiger partial charge >= 0.3 is 5.97 Å². The van der Waals surface area contributed by atoms with Gasteiger partial charge in [0.05, 0.1) is 5.41 Å². The minimum atomic E-state index is -0.798. The maximum Gasteiger partial charge on any atom is 0.311 e. The van der Waals surface area contributed by atoms with Crippen molar-refractivity contribution in [1.82, 2.24) is 5.32 Å². The van der Waals surface area contributed by atoms with Crippen LogP contribution in [0.3, 0.4) is 0 Å². The molecule has 1 fully saturated rings. The molecule has 0 saturated heterocycles. The summed E-state index contributed by atoms with van der Waals surface area (Å²) >= 11 is 0. The summed E-state index contributed by atoms with van der Waals surface area (Å²) in [5.74, 6) is -1.00. The summed E-state index contributed by atoms with van der Waals surface area (Å²) < 4.78 is 0. The molecule has 2 N–H and O–H groups in total. The second-order valence-corrected chi connectivity index (χ2v) is 4.84. The lowest BCUT2D eigenvalue weighted by Gasteiger charge is -2.23. The molecule has 2 rings (SSSR count). The van der Waals surface area contributed by atoms with Gasteiger partial charge in [-0.05, 0) is 25.0 Å². The summed E-state index contributed by atoms with van der Waals surface area (Å²) in [5, 5.41) is 12.0. The third kappa shape index (κ3) is 2.53. The second-order valence-electron chi connectivity index (χ2n) is 4.84. The molecule has 0 spiro atoms. The van der Waals surface area contributed by atoms with Gasteiger partial charge in [-0.3, -0.25) is 9.59 Å². The van der Waals surface area contributed by atoms with Crippen molar-refractivity contribution in [2.24, 2.45) is 5.41 Å². The largest absolute Gasteiger partial charge is 0.481 e.